The van der Waals surface area contributed by atoms with Crippen molar-refractivity contribution in [2.75, 3.05) is 0 Å². The van der Waals surface area contributed by atoms with E-state index in [1.54, 1.807) is 26.0 Å². The van der Waals surface area contributed by atoms with Gasteiger partial charge in [0.2, 0.25) is 0 Å². The van der Waals surface area contributed by atoms with Gasteiger partial charge >= 0.3 is 5.97 Å². The SMILES string of the molecule is Cc1noc(C)c1COc1cccc(Cl)c1C(=O)O. The highest BCUT2D eigenvalue weighted by molar-refractivity contribution is 6.33. The summed E-state index contributed by atoms with van der Waals surface area (Å²) in [6.45, 7) is 3.75. The molecule has 0 saturated carbocycles. The summed E-state index contributed by atoms with van der Waals surface area (Å²) in [6, 6.07) is 4.71. The molecule has 0 fully saturated rings. The van der Waals surface area contributed by atoms with E-state index in [2.05, 4.69) is 5.16 Å². The molecule has 5 nitrogen and oxygen atoms in total. The summed E-state index contributed by atoms with van der Waals surface area (Å²) in [4.78, 5) is 11.1. The Labute approximate surface area is 114 Å². The molecule has 100 valence electrons. The summed E-state index contributed by atoms with van der Waals surface area (Å²) >= 11 is 5.86. The molecule has 0 unspecified atom stereocenters. The minimum absolute atomic E-state index is 0.0454. The molecular formula is C13H12ClNO4. The van der Waals surface area contributed by atoms with Gasteiger partial charge in [0, 0.05) is 0 Å². The van der Waals surface area contributed by atoms with Crippen LogP contribution in [0.4, 0.5) is 0 Å². The first kappa shape index (κ1) is 13.4. The van der Waals surface area contributed by atoms with Crippen molar-refractivity contribution in [2.45, 2.75) is 20.5 Å². The number of hydrogen-bond donors (Lipinski definition) is 1. The monoisotopic (exact) mass is 281 g/mol. The van der Waals surface area contributed by atoms with Gasteiger partial charge in [-0.2, -0.15) is 0 Å². The number of carboxylic acids is 1. The van der Waals surface area contributed by atoms with Crippen LogP contribution in [0.3, 0.4) is 0 Å². The Morgan fingerprint density at radius 1 is 1.47 bits per heavy atom. The summed E-state index contributed by atoms with van der Waals surface area (Å²) in [6.07, 6.45) is 0. The number of carbonyl (C=O) groups is 1. The average Bonchev–Trinajstić information content (AvgIpc) is 2.66. The fourth-order valence-electron chi connectivity index (χ4n) is 1.69. The van der Waals surface area contributed by atoms with Gasteiger partial charge in [0.1, 0.15) is 23.7 Å². The molecule has 0 amide bonds. The molecule has 0 aliphatic heterocycles. The number of hydrogen-bond acceptors (Lipinski definition) is 4. The first-order chi connectivity index (χ1) is 9.00. The van der Waals surface area contributed by atoms with Crippen molar-refractivity contribution in [3.8, 4) is 5.75 Å². The Kier molecular flexibility index (Phi) is 3.76. The number of aromatic carboxylic acids is 1. The van der Waals surface area contributed by atoms with E-state index < -0.39 is 5.97 Å². The number of aromatic nitrogens is 1. The number of aryl methyl sites for hydroxylation is 2. The van der Waals surface area contributed by atoms with E-state index in [0.717, 1.165) is 11.3 Å². The Bertz CT molecular complexity index is 602. The van der Waals surface area contributed by atoms with Gasteiger partial charge in [0.25, 0.3) is 0 Å². The number of rotatable bonds is 4. The molecule has 0 aliphatic rings. The van der Waals surface area contributed by atoms with Crippen LogP contribution in [0.25, 0.3) is 0 Å². The quantitative estimate of drug-likeness (QED) is 0.931. The largest absolute Gasteiger partial charge is 0.488 e. The summed E-state index contributed by atoms with van der Waals surface area (Å²) in [5.74, 6) is -0.254. The van der Waals surface area contributed by atoms with Crippen LogP contribution >= 0.6 is 11.6 Å². The number of halogens is 1. The summed E-state index contributed by atoms with van der Waals surface area (Å²) in [5, 5.41) is 13.1. The van der Waals surface area contributed by atoms with Crippen molar-refractivity contribution >= 4 is 17.6 Å². The van der Waals surface area contributed by atoms with Crippen LogP contribution in [0.5, 0.6) is 5.75 Å². The van der Waals surface area contributed by atoms with Gasteiger partial charge in [0.05, 0.1) is 16.3 Å². The minimum Gasteiger partial charge on any atom is -0.488 e. The molecule has 2 aromatic rings. The Morgan fingerprint density at radius 3 is 2.79 bits per heavy atom. The predicted molar refractivity (Wildman–Crippen MR) is 68.7 cm³/mol. The minimum atomic E-state index is -1.13. The lowest BCUT2D eigenvalue weighted by atomic mass is 10.2. The van der Waals surface area contributed by atoms with Crippen LogP contribution in [-0.2, 0) is 6.61 Å². The van der Waals surface area contributed by atoms with Gasteiger partial charge in [-0.25, -0.2) is 4.79 Å². The van der Waals surface area contributed by atoms with E-state index >= 15 is 0 Å². The Hall–Kier alpha value is -2.01. The smallest absolute Gasteiger partial charge is 0.341 e. The molecule has 0 atom stereocenters. The van der Waals surface area contributed by atoms with Gasteiger partial charge < -0.3 is 14.4 Å². The van der Waals surface area contributed by atoms with Gasteiger partial charge in [-0.05, 0) is 26.0 Å². The summed E-state index contributed by atoms with van der Waals surface area (Å²) in [7, 11) is 0. The lowest BCUT2D eigenvalue weighted by Crippen LogP contribution is -2.05. The normalized spacial score (nSPS) is 10.5. The zero-order chi connectivity index (χ0) is 14.0. The lowest BCUT2D eigenvalue weighted by molar-refractivity contribution is 0.0692. The van der Waals surface area contributed by atoms with Crippen LogP contribution < -0.4 is 4.74 Å². The molecule has 1 N–H and O–H groups in total. The third kappa shape index (κ3) is 2.71. The third-order valence-electron chi connectivity index (χ3n) is 2.74. The zero-order valence-electron chi connectivity index (χ0n) is 10.4. The molecule has 0 saturated heterocycles. The molecule has 0 aliphatic carbocycles. The highest BCUT2D eigenvalue weighted by atomic mass is 35.5. The van der Waals surface area contributed by atoms with E-state index in [0.29, 0.717) is 5.76 Å². The van der Waals surface area contributed by atoms with Gasteiger partial charge in [-0.1, -0.05) is 22.8 Å². The van der Waals surface area contributed by atoms with Crippen LogP contribution in [0, 0.1) is 13.8 Å². The number of ether oxygens (including phenoxy) is 1. The molecule has 1 aromatic heterocycles. The first-order valence-corrected chi connectivity index (χ1v) is 5.95. The second kappa shape index (κ2) is 5.32. The second-order valence-corrected chi connectivity index (χ2v) is 4.42. The van der Waals surface area contributed by atoms with Crippen LogP contribution in [0.15, 0.2) is 22.7 Å². The van der Waals surface area contributed by atoms with Gasteiger partial charge in [-0.15, -0.1) is 0 Å². The molecule has 19 heavy (non-hydrogen) atoms. The maximum Gasteiger partial charge on any atom is 0.341 e. The highest BCUT2D eigenvalue weighted by Gasteiger charge is 2.17. The van der Waals surface area contributed by atoms with Crippen molar-refractivity contribution < 1.29 is 19.2 Å². The Balaban J connectivity index is 2.25. The molecule has 0 radical (unpaired) electrons. The highest BCUT2D eigenvalue weighted by Crippen LogP contribution is 2.27. The van der Waals surface area contributed by atoms with Crippen LogP contribution in [-0.4, -0.2) is 16.2 Å². The van der Waals surface area contributed by atoms with Crippen LogP contribution in [0.1, 0.15) is 27.4 Å². The third-order valence-corrected chi connectivity index (χ3v) is 3.06. The maximum atomic E-state index is 11.1. The maximum absolute atomic E-state index is 11.1. The van der Waals surface area contributed by atoms with Gasteiger partial charge in [-0.3, -0.25) is 0 Å². The summed E-state index contributed by atoms with van der Waals surface area (Å²) < 4.78 is 10.5. The fourth-order valence-corrected chi connectivity index (χ4v) is 1.94. The zero-order valence-corrected chi connectivity index (χ0v) is 11.2. The standard InChI is InChI=1S/C13H12ClNO4/c1-7-9(8(2)19-15-7)6-18-11-5-3-4-10(14)12(11)13(16)17/h3-5H,6H2,1-2H3,(H,16,17). The van der Waals surface area contributed by atoms with Crippen molar-refractivity contribution in [2.24, 2.45) is 0 Å². The summed E-state index contributed by atoms with van der Waals surface area (Å²) in [5.41, 5.74) is 1.48. The van der Waals surface area contributed by atoms with Gasteiger partial charge in [0.15, 0.2) is 0 Å². The predicted octanol–water partition coefficient (Wildman–Crippen LogP) is 3.22. The fraction of sp³-hybridized carbons (Fsp3) is 0.231. The topological polar surface area (TPSA) is 72.6 Å². The van der Waals surface area contributed by atoms with Crippen LogP contribution in [0.2, 0.25) is 5.02 Å². The molecule has 1 heterocycles. The van der Waals surface area contributed by atoms with E-state index in [-0.39, 0.29) is 22.9 Å². The van der Waals surface area contributed by atoms with E-state index in [1.165, 1.54) is 6.07 Å². The van der Waals surface area contributed by atoms with E-state index in [9.17, 15) is 4.79 Å². The second-order valence-electron chi connectivity index (χ2n) is 4.01. The van der Waals surface area contributed by atoms with Crippen molar-refractivity contribution in [1.29, 1.82) is 0 Å². The lowest BCUT2D eigenvalue weighted by Gasteiger charge is -2.09. The Morgan fingerprint density at radius 2 is 2.21 bits per heavy atom. The first-order valence-electron chi connectivity index (χ1n) is 5.57. The van der Waals surface area contributed by atoms with Crippen molar-refractivity contribution in [3.05, 3.63) is 45.8 Å². The number of benzene rings is 1. The number of nitrogens with zero attached hydrogens (tertiary/aromatic N) is 1. The average molecular weight is 282 g/mol. The molecule has 1 aromatic carbocycles. The molecule has 0 bridgehead atoms. The molecular weight excluding hydrogens is 270 g/mol. The van der Waals surface area contributed by atoms with Crippen molar-refractivity contribution in [3.63, 3.8) is 0 Å². The van der Waals surface area contributed by atoms with E-state index in [1.807, 2.05) is 0 Å². The molecule has 0 spiro atoms. The molecule has 6 heteroatoms. The molecule has 2 rings (SSSR count). The van der Waals surface area contributed by atoms with Crippen molar-refractivity contribution in [1.82, 2.24) is 5.16 Å². The number of carboxylic acid groups (broad SMARTS) is 1. The van der Waals surface area contributed by atoms with E-state index in [4.69, 9.17) is 26.0 Å².